The van der Waals surface area contributed by atoms with E-state index in [1.165, 1.54) is 5.56 Å². The lowest BCUT2D eigenvalue weighted by Crippen LogP contribution is -2.41. The van der Waals surface area contributed by atoms with Crippen LogP contribution in [0.25, 0.3) is 10.9 Å². The van der Waals surface area contributed by atoms with Crippen molar-refractivity contribution in [2.75, 3.05) is 13.7 Å². The lowest BCUT2D eigenvalue weighted by Gasteiger charge is -2.21. The number of H-pyrrole nitrogens is 1. The van der Waals surface area contributed by atoms with Crippen LogP contribution in [0.4, 0.5) is 0 Å². The van der Waals surface area contributed by atoms with E-state index >= 15 is 0 Å². The molecule has 4 heteroatoms. The van der Waals surface area contributed by atoms with Gasteiger partial charge in [-0.3, -0.25) is 4.79 Å². The summed E-state index contributed by atoms with van der Waals surface area (Å²) >= 11 is 0. The van der Waals surface area contributed by atoms with Crippen LogP contribution >= 0.6 is 0 Å². The average molecular weight is 302 g/mol. The van der Waals surface area contributed by atoms with Crippen LogP contribution in [-0.4, -0.2) is 30.6 Å². The molecule has 4 nitrogen and oxygen atoms in total. The number of aromatic nitrogens is 1. The summed E-state index contributed by atoms with van der Waals surface area (Å²) in [6, 6.07) is 8.21. The van der Waals surface area contributed by atoms with Crippen LogP contribution < -0.4 is 5.32 Å². The first-order valence-electron chi connectivity index (χ1n) is 7.84. The van der Waals surface area contributed by atoms with Crippen LogP contribution in [0, 0.1) is 5.92 Å². The number of aromatic amines is 1. The lowest BCUT2D eigenvalue weighted by molar-refractivity contribution is 0.0862. The molecule has 0 aliphatic rings. The quantitative estimate of drug-likeness (QED) is 0.855. The van der Waals surface area contributed by atoms with E-state index in [-0.39, 0.29) is 11.9 Å². The molecule has 0 spiro atoms. The minimum atomic E-state index is -0.0851. The largest absolute Gasteiger partial charge is 0.383 e. The highest BCUT2D eigenvalue weighted by molar-refractivity contribution is 5.98. The number of carbonyl (C=O) groups is 1. The molecule has 1 amide bonds. The van der Waals surface area contributed by atoms with E-state index in [4.69, 9.17) is 4.74 Å². The Kier molecular flexibility index (Phi) is 5.24. The third-order valence-electron chi connectivity index (χ3n) is 4.03. The molecule has 2 N–H and O–H groups in total. The molecule has 0 aliphatic heterocycles. The lowest BCUT2D eigenvalue weighted by atomic mass is 10.0. The third kappa shape index (κ3) is 3.69. The topological polar surface area (TPSA) is 54.1 Å². The molecule has 0 saturated heterocycles. The van der Waals surface area contributed by atoms with Crippen molar-refractivity contribution in [2.24, 2.45) is 5.92 Å². The van der Waals surface area contributed by atoms with Gasteiger partial charge >= 0.3 is 0 Å². The Hall–Kier alpha value is -1.81. The molecule has 0 saturated carbocycles. The minimum Gasteiger partial charge on any atom is -0.383 e. The first-order chi connectivity index (χ1) is 10.4. The fraction of sp³-hybridized carbons (Fsp3) is 0.500. The van der Waals surface area contributed by atoms with Gasteiger partial charge in [-0.2, -0.15) is 0 Å². The molecule has 1 heterocycles. The second-order valence-electron chi connectivity index (χ2n) is 6.46. The zero-order valence-corrected chi connectivity index (χ0v) is 14.1. The molecule has 1 aromatic heterocycles. The second kappa shape index (κ2) is 6.97. The summed E-state index contributed by atoms with van der Waals surface area (Å²) < 4.78 is 5.18. The van der Waals surface area contributed by atoms with E-state index in [1.54, 1.807) is 7.11 Å². The van der Waals surface area contributed by atoms with Crippen molar-refractivity contribution in [3.63, 3.8) is 0 Å². The number of rotatable bonds is 6. The van der Waals surface area contributed by atoms with Crippen LogP contribution in [0.3, 0.4) is 0 Å². The number of hydrogen-bond donors (Lipinski definition) is 2. The van der Waals surface area contributed by atoms with E-state index in [0.717, 1.165) is 10.9 Å². The minimum absolute atomic E-state index is 0.00939. The number of amides is 1. The number of hydrogen-bond acceptors (Lipinski definition) is 2. The first-order valence-corrected chi connectivity index (χ1v) is 7.84. The van der Waals surface area contributed by atoms with E-state index in [0.29, 0.717) is 24.1 Å². The molecule has 2 rings (SSSR count). The van der Waals surface area contributed by atoms with Crippen LogP contribution in [0.5, 0.6) is 0 Å². The van der Waals surface area contributed by atoms with Gasteiger partial charge in [-0.15, -0.1) is 0 Å². The van der Waals surface area contributed by atoms with Crippen LogP contribution in [0.2, 0.25) is 0 Å². The Morgan fingerprint density at radius 3 is 2.55 bits per heavy atom. The van der Waals surface area contributed by atoms with Gasteiger partial charge in [0.05, 0.1) is 12.6 Å². The van der Waals surface area contributed by atoms with Crippen LogP contribution in [0.15, 0.2) is 24.3 Å². The fourth-order valence-corrected chi connectivity index (χ4v) is 2.45. The van der Waals surface area contributed by atoms with Crippen molar-refractivity contribution < 1.29 is 9.53 Å². The predicted octanol–water partition coefficient (Wildman–Crippen LogP) is 3.69. The molecule has 1 atom stereocenters. The standard InChI is InChI=1S/C18H26N2O2/c1-11(2)13-6-7-14-9-16(19-15(14)8-13)18(21)20-17(10-22-5)12(3)4/h6-9,11-12,17,19H,10H2,1-5H3,(H,20,21)/t17-/m1/s1. The SMILES string of the molecule is COC[C@@H](NC(=O)c1cc2ccc(C(C)C)cc2[nH]1)C(C)C. The predicted molar refractivity (Wildman–Crippen MR) is 90.4 cm³/mol. The van der Waals surface area contributed by atoms with E-state index < -0.39 is 0 Å². The van der Waals surface area contributed by atoms with E-state index in [2.05, 4.69) is 56.2 Å². The second-order valence-corrected chi connectivity index (χ2v) is 6.46. The summed E-state index contributed by atoms with van der Waals surface area (Å²) in [5.74, 6) is 0.705. The molecule has 0 aliphatic carbocycles. The Bertz CT molecular complexity index is 644. The average Bonchev–Trinajstić information content (AvgIpc) is 2.89. The molecule has 22 heavy (non-hydrogen) atoms. The maximum Gasteiger partial charge on any atom is 0.268 e. The highest BCUT2D eigenvalue weighted by atomic mass is 16.5. The summed E-state index contributed by atoms with van der Waals surface area (Å²) in [7, 11) is 1.65. The zero-order chi connectivity index (χ0) is 16.3. The fourth-order valence-electron chi connectivity index (χ4n) is 2.45. The van der Waals surface area contributed by atoms with Crippen molar-refractivity contribution in [1.29, 1.82) is 0 Å². The number of fused-ring (bicyclic) bond motifs is 1. The van der Waals surface area contributed by atoms with Gasteiger partial charge in [0.1, 0.15) is 5.69 Å². The van der Waals surface area contributed by atoms with Gasteiger partial charge in [-0.1, -0.05) is 39.8 Å². The zero-order valence-electron chi connectivity index (χ0n) is 14.1. The normalized spacial score (nSPS) is 13.0. The van der Waals surface area contributed by atoms with Crippen molar-refractivity contribution in [3.05, 3.63) is 35.5 Å². The van der Waals surface area contributed by atoms with Crippen LogP contribution in [0.1, 0.15) is 49.7 Å². The van der Waals surface area contributed by atoms with Gasteiger partial charge in [0, 0.05) is 18.0 Å². The Morgan fingerprint density at radius 2 is 1.95 bits per heavy atom. The Labute approximate surface area is 132 Å². The number of carbonyl (C=O) groups excluding carboxylic acids is 1. The van der Waals surface area contributed by atoms with Gasteiger partial charge in [0.25, 0.3) is 5.91 Å². The maximum absolute atomic E-state index is 12.4. The molecule has 0 fully saturated rings. The molecule has 2 aromatic rings. The number of methoxy groups -OCH3 is 1. The Balaban J connectivity index is 2.21. The maximum atomic E-state index is 12.4. The molecule has 120 valence electrons. The van der Waals surface area contributed by atoms with Gasteiger partial charge < -0.3 is 15.0 Å². The van der Waals surface area contributed by atoms with Gasteiger partial charge in [-0.25, -0.2) is 0 Å². The monoisotopic (exact) mass is 302 g/mol. The summed E-state index contributed by atoms with van der Waals surface area (Å²) in [5, 5.41) is 4.09. The smallest absolute Gasteiger partial charge is 0.268 e. The highest BCUT2D eigenvalue weighted by Gasteiger charge is 2.18. The molecule has 1 aromatic carbocycles. The highest BCUT2D eigenvalue weighted by Crippen LogP contribution is 2.22. The molecular weight excluding hydrogens is 276 g/mol. The molecule has 0 unspecified atom stereocenters. The van der Waals surface area contributed by atoms with Gasteiger partial charge in [0.15, 0.2) is 0 Å². The van der Waals surface area contributed by atoms with Crippen molar-refractivity contribution in [3.8, 4) is 0 Å². The first kappa shape index (κ1) is 16.6. The van der Waals surface area contributed by atoms with E-state index in [9.17, 15) is 4.79 Å². The van der Waals surface area contributed by atoms with Gasteiger partial charge in [0.2, 0.25) is 0 Å². The van der Waals surface area contributed by atoms with Crippen LogP contribution in [-0.2, 0) is 4.74 Å². The summed E-state index contributed by atoms with van der Waals surface area (Å²) in [5.41, 5.74) is 2.86. The van der Waals surface area contributed by atoms with Crippen molar-refractivity contribution >= 4 is 16.8 Å². The summed E-state index contributed by atoms with van der Waals surface area (Å²) in [6.45, 7) is 8.99. The van der Waals surface area contributed by atoms with Gasteiger partial charge in [-0.05, 0) is 29.5 Å². The number of ether oxygens (including phenoxy) is 1. The third-order valence-corrected chi connectivity index (χ3v) is 4.03. The summed E-state index contributed by atoms with van der Waals surface area (Å²) in [4.78, 5) is 15.6. The number of benzene rings is 1. The molecule has 0 radical (unpaired) electrons. The number of nitrogens with one attached hydrogen (secondary N) is 2. The van der Waals surface area contributed by atoms with E-state index in [1.807, 2.05) is 6.07 Å². The van der Waals surface area contributed by atoms with Crippen molar-refractivity contribution in [1.82, 2.24) is 10.3 Å². The Morgan fingerprint density at radius 1 is 1.23 bits per heavy atom. The molecular formula is C18H26N2O2. The molecule has 0 bridgehead atoms. The van der Waals surface area contributed by atoms with Crippen molar-refractivity contribution in [2.45, 2.75) is 39.7 Å². The summed E-state index contributed by atoms with van der Waals surface area (Å²) in [6.07, 6.45) is 0.